The summed E-state index contributed by atoms with van der Waals surface area (Å²) in [6.45, 7) is 0.435. The summed E-state index contributed by atoms with van der Waals surface area (Å²) in [7, 11) is -3.97. The van der Waals surface area contributed by atoms with Crippen molar-refractivity contribution < 1.29 is 17.7 Å². The van der Waals surface area contributed by atoms with Crippen molar-refractivity contribution in [1.82, 2.24) is 0 Å². The van der Waals surface area contributed by atoms with Gasteiger partial charge in [-0.1, -0.05) is 6.42 Å². The molecule has 0 aromatic rings. The Bertz CT molecular complexity index is 206. The van der Waals surface area contributed by atoms with Gasteiger partial charge in [0.25, 0.3) is 10.1 Å². The second-order valence-corrected chi connectivity index (χ2v) is 4.22. The Labute approximate surface area is 115 Å². The first-order valence-corrected chi connectivity index (χ1v) is 5.19. The molecule has 1 N–H and O–H groups in total. The van der Waals surface area contributed by atoms with Crippen LogP contribution >= 0.6 is 0 Å². The van der Waals surface area contributed by atoms with Crippen molar-refractivity contribution in [3.8, 4) is 0 Å². The number of hydrogen-bond donors (Lipinski definition) is 1. The normalized spacial score (nSPS) is 25.6. The first-order chi connectivity index (χ1) is 5.11. The van der Waals surface area contributed by atoms with E-state index in [1.54, 1.807) is 0 Å². The molecule has 1 heterocycles. The Morgan fingerprint density at radius 2 is 1.92 bits per heavy atom. The summed E-state index contributed by atoms with van der Waals surface area (Å²) in [6, 6.07) is 0. The van der Waals surface area contributed by atoms with E-state index < -0.39 is 15.6 Å². The Hall–Kier alpha value is 1.51. The molecule has 0 aliphatic carbocycles. The zero-order valence-corrected chi connectivity index (χ0v) is 7.01. The molecule has 68 valence electrons. The molecular weight excluding hydrogens is 207 g/mol. The second kappa shape index (κ2) is 6.08. The van der Waals surface area contributed by atoms with Crippen LogP contribution in [-0.2, 0) is 14.9 Å². The van der Waals surface area contributed by atoms with Gasteiger partial charge in [0.15, 0.2) is 5.44 Å². The van der Waals surface area contributed by atoms with Gasteiger partial charge in [-0.05, 0) is 19.3 Å². The van der Waals surface area contributed by atoms with Crippen molar-refractivity contribution in [2.24, 2.45) is 0 Å². The van der Waals surface area contributed by atoms with Crippen LogP contribution in [0.4, 0.5) is 0 Å². The fourth-order valence-electron chi connectivity index (χ4n) is 1.12. The molecule has 1 atom stereocenters. The molecule has 0 bridgehead atoms. The summed E-state index contributed by atoms with van der Waals surface area (Å²) in [6.07, 6.45) is 3.08. The fraction of sp³-hybridized carbons (Fsp3) is 1.00. The molecule has 0 spiro atoms. The predicted octanol–water partition coefficient (Wildman–Crippen LogP) is 0.142. The Balaban J connectivity index is 0.00000121. The van der Waals surface area contributed by atoms with Crippen LogP contribution in [0.15, 0.2) is 0 Å². The van der Waals surface area contributed by atoms with E-state index in [0.717, 1.165) is 19.3 Å². The SMILES string of the molecule is O=S(=O)(O)C1CCCCCO1.[KH]. The van der Waals surface area contributed by atoms with Crippen molar-refractivity contribution in [3.63, 3.8) is 0 Å². The van der Waals surface area contributed by atoms with Gasteiger partial charge >= 0.3 is 51.4 Å². The number of hydrogen-bond acceptors (Lipinski definition) is 3. The van der Waals surface area contributed by atoms with Gasteiger partial charge < -0.3 is 4.74 Å². The van der Waals surface area contributed by atoms with Gasteiger partial charge in [0, 0.05) is 6.61 Å². The minimum atomic E-state index is -3.97. The van der Waals surface area contributed by atoms with E-state index in [-0.39, 0.29) is 51.4 Å². The standard InChI is InChI=1S/C6H12O4S.K.H/c7-11(8,9)6-4-2-1-3-5-10-6;;/h6H,1-5H2,(H,7,8,9);;. The van der Waals surface area contributed by atoms with Crippen molar-refractivity contribution >= 4 is 61.5 Å². The topological polar surface area (TPSA) is 63.6 Å². The molecule has 0 radical (unpaired) electrons. The van der Waals surface area contributed by atoms with Crippen LogP contribution < -0.4 is 0 Å². The van der Waals surface area contributed by atoms with Crippen LogP contribution in [0.5, 0.6) is 0 Å². The van der Waals surface area contributed by atoms with E-state index in [0.29, 0.717) is 13.0 Å². The molecular formula is C6H13KO4S. The van der Waals surface area contributed by atoms with Crippen LogP contribution in [0.3, 0.4) is 0 Å². The van der Waals surface area contributed by atoms with Gasteiger partial charge in [-0.25, -0.2) is 0 Å². The van der Waals surface area contributed by atoms with Crippen LogP contribution in [0.25, 0.3) is 0 Å². The molecule has 4 nitrogen and oxygen atoms in total. The van der Waals surface area contributed by atoms with Crippen molar-refractivity contribution in [3.05, 3.63) is 0 Å². The summed E-state index contributed by atoms with van der Waals surface area (Å²) in [5.74, 6) is 0. The maximum atomic E-state index is 10.6. The minimum absolute atomic E-state index is 0. The van der Waals surface area contributed by atoms with Gasteiger partial charge in [-0.3, -0.25) is 4.55 Å². The third kappa shape index (κ3) is 4.66. The van der Waals surface area contributed by atoms with Gasteiger partial charge in [0.2, 0.25) is 0 Å². The average molecular weight is 220 g/mol. The molecule has 12 heavy (non-hydrogen) atoms. The molecule has 0 amide bonds. The summed E-state index contributed by atoms with van der Waals surface area (Å²) >= 11 is 0. The van der Waals surface area contributed by atoms with Gasteiger partial charge in [-0.2, -0.15) is 8.42 Å². The van der Waals surface area contributed by atoms with E-state index in [1.165, 1.54) is 0 Å². The van der Waals surface area contributed by atoms with Crippen LogP contribution in [-0.4, -0.2) is 76.4 Å². The Morgan fingerprint density at radius 3 is 2.50 bits per heavy atom. The number of rotatable bonds is 1. The van der Waals surface area contributed by atoms with Gasteiger partial charge in [0.05, 0.1) is 0 Å². The molecule has 6 heteroatoms. The van der Waals surface area contributed by atoms with E-state index in [1.807, 2.05) is 0 Å². The summed E-state index contributed by atoms with van der Waals surface area (Å²) in [5.41, 5.74) is -0.981. The predicted molar refractivity (Wildman–Crippen MR) is 46.9 cm³/mol. The van der Waals surface area contributed by atoms with Crippen molar-refractivity contribution in [2.75, 3.05) is 6.61 Å². The van der Waals surface area contributed by atoms with Crippen LogP contribution in [0.2, 0.25) is 0 Å². The maximum absolute atomic E-state index is 10.6. The fourth-order valence-corrected chi connectivity index (χ4v) is 1.86. The van der Waals surface area contributed by atoms with Crippen molar-refractivity contribution in [1.29, 1.82) is 0 Å². The molecule has 0 aromatic heterocycles. The van der Waals surface area contributed by atoms with E-state index >= 15 is 0 Å². The second-order valence-electron chi connectivity index (χ2n) is 2.66. The number of ether oxygens (including phenoxy) is 1. The first kappa shape index (κ1) is 13.5. The third-order valence-corrected chi connectivity index (χ3v) is 2.76. The molecule has 1 aliphatic heterocycles. The summed E-state index contributed by atoms with van der Waals surface area (Å²) in [4.78, 5) is 0. The van der Waals surface area contributed by atoms with E-state index in [4.69, 9.17) is 9.29 Å². The molecule has 1 fully saturated rings. The third-order valence-electron chi connectivity index (χ3n) is 1.72. The Morgan fingerprint density at radius 1 is 1.25 bits per heavy atom. The average Bonchev–Trinajstić information content (AvgIpc) is 2.10. The molecule has 1 unspecified atom stereocenters. The van der Waals surface area contributed by atoms with E-state index in [9.17, 15) is 8.42 Å². The Kier molecular flexibility index (Phi) is 6.84. The molecule has 0 saturated carbocycles. The van der Waals surface area contributed by atoms with E-state index in [2.05, 4.69) is 0 Å². The molecule has 1 saturated heterocycles. The molecule has 1 aliphatic rings. The van der Waals surface area contributed by atoms with Gasteiger partial charge in [0.1, 0.15) is 0 Å². The molecule has 1 rings (SSSR count). The zero-order valence-electron chi connectivity index (χ0n) is 6.19. The summed E-state index contributed by atoms with van der Waals surface area (Å²) < 4.78 is 34.7. The zero-order chi connectivity index (χ0) is 8.32. The monoisotopic (exact) mass is 220 g/mol. The first-order valence-electron chi connectivity index (χ1n) is 3.68. The summed E-state index contributed by atoms with van der Waals surface area (Å²) in [5, 5.41) is 0. The van der Waals surface area contributed by atoms with Crippen LogP contribution in [0.1, 0.15) is 25.7 Å². The quantitative estimate of drug-likeness (QED) is 0.504. The van der Waals surface area contributed by atoms with Gasteiger partial charge in [-0.15, -0.1) is 0 Å². The van der Waals surface area contributed by atoms with Crippen LogP contribution in [0, 0.1) is 0 Å². The molecule has 0 aromatic carbocycles. The van der Waals surface area contributed by atoms with Crippen molar-refractivity contribution in [2.45, 2.75) is 31.1 Å².